The molecule has 0 amide bonds. The molecule has 0 radical (unpaired) electrons. The molecule has 0 heterocycles. The van der Waals surface area contributed by atoms with Gasteiger partial charge in [0.2, 0.25) is 10.0 Å². The number of aryl methyl sites for hydroxylation is 1. The van der Waals surface area contributed by atoms with E-state index in [-0.39, 0.29) is 15.7 Å². The van der Waals surface area contributed by atoms with Crippen LogP contribution in [0.3, 0.4) is 0 Å². The molecule has 1 aliphatic carbocycles. The Morgan fingerprint density at radius 1 is 1.14 bits per heavy atom. The van der Waals surface area contributed by atoms with Crippen molar-refractivity contribution in [3.05, 3.63) is 23.3 Å². The molecule has 0 bridgehead atoms. The van der Waals surface area contributed by atoms with Crippen molar-refractivity contribution in [1.82, 2.24) is 4.72 Å². The summed E-state index contributed by atoms with van der Waals surface area (Å²) in [6.45, 7) is 12.8. The molecule has 0 unspecified atom stereocenters. The number of nitrogens with two attached hydrogens (primary N) is 1. The van der Waals surface area contributed by atoms with E-state index in [1.54, 1.807) is 19.1 Å². The summed E-state index contributed by atoms with van der Waals surface area (Å²) in [5, 5.41) is 0. The minimum Gasteiger partial charge on any atom is -0.398 e. The number of hydrogen-bond donors (Lipinski definition) is 2. The fraction of sp³-hybridized carbons (Fsp3) is 0.625. The van der Waals surface area contributed by atoms with Gasteiger partial charge in [-0.05, 0) is 53.9 Å². The van der Waals surface area contributed by atoms with Gasteiger partial charge in [0.05, 0.1) is 4.90 Å². The quantitative estimate of drug-likeness (QED) is 0.840. The smallest absolute Gasteiger partial charge is 0.240 e. The molecule has 1 fully saturated rings. The Balaban J connectivity index is 2.22. The first-order valence-corrected chi connectivity index (χ1v) is 8.76. The topological polar surface area (TPSA) is 72.2 Å². The Bertz CT molecular complexity index is 662. The van der Waals surface area contributed by atoms with E-state index in [4.69, 9.17) is 5.73 Å². The van der Waals surface area contributed by atoms with Crippen LogP contribution in [0.5, 0.6) is 0 Å². The molecule has 3 N–H and O–H groups in total. The van der Waals surface area contributed by atoms with Crippen LogP contribution in [0.15, 0.2) is 17.0 Å². The third kappa shape index (κ3) is 2.57. The number of sulfonamides is 1. The van der Waals surface area contributed by atoms with Crippen molar-refractivity contribution in [2.24, 2.45) is 16.7 Å². The van der Waals surface area contributed by atoms with Crippen molar-refractivity contribution in [3.63, 3.8) is 0 Å². The van der Waals surface area contributed by atoms with Gasteiger partial charge in [0, 0.05) is 12.2 Å². The van der Waals surface area contributed by atoms with Crippen LogP contribution >= 0.6 is 0 Å². The largest absolute Gasteiger partial charge is 0.398 e. The maximum absolute atomic E-state index is 12.5. The number of nitrogen functional groups attached to an aromatic ring is 1. The van der Waals surface area contributed by atoms with Crippen LogP contribution in [-0.2, 0) is 10.0 Å². The summed E-state index contributed by atoms with van der Waals surface area (Å²) in [5.41, 5.74) is 8.19. The molecule has 1 aliphatic rings. The minimum atomic E-state index is -3.52. The zero-order chi connectivity index (χ0) is 16.2. The van der Waals surface area contributed by atoms with Crippen molar-refractivity contribution in [2.75, 3.05) is 12.3 Å². The fourth-order valence-electron chi connectivity index (χ4n) is 3.25. The number of rotatable bonds is 4. The lowest BCUT2D eigenvalue weighted by molar-refractivity contribution is 0.457. The van der Waals surface area contributed by atoms with E-state index < -0.39 is 10.0 Å². The highest BCUT2D eigenvalue weighted by Gasteiger charge is 2.64. The summed E-state index contributed by atoms with van der Waals surface area (Å²) in [4.78, 5) is 0.288. The van der Waals surface area contributed by atoms with E-state index in [0.717, 1.165) is 5.56 Å². The maximum Gasteiger partial charge on any atom is 0.240 e. The van der Waals surface area contributed by atoms with Crippen LogP contribution in [0, 0.1) is 30.6 Å². The van der Waals surface area contributed by atoms with Crippen LogP contribution in [0.4, 0.5) is 5.69 Å². The SMILES string of the molecule is Cc1cc(N)c(C)c(S(=O)(=O)NCC2C(C)(C)C2(C)C)c1. The van der Waals surface area contributed by atoms with Crippen LogP contribution in [-0.4, -0.2) is 15.0 Å². The maximum atomic E-state index is 12.5. The first-order valence-electron chi connectivity index (χ1n) is 7.27. The summed E-state index contributed by atoms with van der Waals surface area (Å²) in [6, 6.07) is 3.47. The number of benzene rings is 1. The number of anilines is 1. The number of hydrogen-bond acceptors (Lipinski definition) is 3. The van der Waals surface area contributed by atoms with Gasteiger partial charge in [0.25, 0.3) is 0 Å². The second kappa shape index (κ2) is 4.71. The van der Waals surface area contributed by atoms with Gasteiger partial charge < -0.3 is 5.73 Å². The van der Waals surface area contributed by atoms with Crippen molar-refractivity contribution < 1.29 is 8.42 Å². The van der Waals surface area contributed by atoms with E-state index in [9.17, 15) is 8.42 Å². The zero-order valence-electron chi connectivity index (χ0n) is 13.7. The molecule has 118 valence electrons. The monoisotopic (exact) mass is 310 g/mol. The van der Waals surface area contributed by atoms with Crippen LogP contribution in [0.25, 0.3) is 0 Å². The number of nitrogens with one attached hydrogen (secondary N) is 1. The van der Waals surface area contributed by atoms with Crippen molar-refractivity contribution in [2.45, 2.75) is 46.4 Å². The molecule has 2 rings (SSSR count). The summed E-state index contributed by atoms with van der Waals surface area (Å²) in [5.74, 6) is 0.349. The third-order valence-corrected chi connectivity index (χ3v) is 7.18. The van der Waals surface area contributed by atoms with E-state index in [2.05, 4.69) is 32.4 Å². The van der Waals surface area contributed by atoms with E-state index in [1.165, 1.54) is 0 Å². The molecule has 1 aromatic rings. The van der Waals surface area contributed by atoms with Crippen molar-refractivity contribution in [1.29, 1.82) is 0 Å². The van der Waals surface area contributed by atoms with Gasteiger partial charge >= 0.3 is 0 Å². The van der Waals surface area contributed by atoms with E-state index in [1.807, 2.05) is 6.92 Å². The molecular weight excluding hydrogens is 284 g/mol. The normalized spacial score (nSPS) is 20.5. The first kappa shape index (κ1) is 16.3. The average Bonchev–Trinajstić information content (AvgIpc) is 2.71. The Morgan fingerprint density at radius 3 is 2.14 bits per heavy atom. The highest BCUT2D eigenvalue weighted by molar-refractivity contribution is 7.89. The molecule has 1 saturated carbocycles. The van der Waals surface area contributed by atoms with E-state index >= 15 is 0 Å². The third-order valence-electron chi connectivity index (χ3n) is 5.63. The average molecular weight is 310 g/mol. The van der Waals surface area contributed by atoms with Gasteiger partial charge in [-0.1, -0.05) is 27.7 Å². The molecule has 1 aromatic carbocycles. The summed E-state index contributed by atoms with van der Waals surface area (Å²) in [7, 11) is -3.52. The van der Waals surface area contributed by atoms with Crippen molar-refractivity contribution >= 4 is 15.7 Å². The highest BCUT2D eigenvalue weighted by atomic mass is 32.2. The lowest BCUT2D eigenvalue weighted by Gasteiger charge is -2.13. The summed E-state index contributed by atoms with van der Waals surface area (Å²) in [6.07, 6.45) is 0. The summed E-state index contributed by atoms with van der Waals surface area (Å²) < 4.78 is 27.9. The Hall–Kier alpha value is -1.07. The second-order valence-electron chi connectivity index (χ2n) is 7.33. The molecule has 4 nitrogen and oxygen atoms in total. The van der Waals surface area contributed by atoms with Gasteiger partial charge in [-0.15, -0.1) is 0 Å². The molecule has 0 spiro atoms. The molecule has 0 saturated heterocycles. The molecule has 0 aromatic heterocycles. The van der Waals surface area contributed by atoms with Gasteiger partial charge in [0.15, 0.2) is 0 Å². The molecular formula is C16H26N2O2S. The Labute approximate surface area is 128 Å². The van der Waals surface area contributed by atoms with Crippen LogP contribution in [0.1, 0.15) is 38.8 Å². The van der Waals surface area contributed by atoms with Gasteiger partial charge in [-0.25, -0.2) is 13.1 Å². The minimum absolute atomic E-state index is 0.163. The highest BCUT2D eigenvalue weighted by Crippen LogP contribution is 2.67. The predicted molar refractivity (Wildman–Crippen MR) is 86.6 cm³/mol. The van der Waals surface area contributed by atoms with E-state index in [0.29, 0.717) is 23.7 Å². The van der Waals surface area contributed by atoms with Crippen molar-refractivity contribution in [3.8, 4) is 0 Å². The van der Waals surface area contributed by atoms with Gasteiger partial charge in [-0.2, -0.15) is 0 Å². The molecule has 5 heteroatoms. The standard InChI is InChI=1S/C16H26N2O2S/c1-10-7-12(17)11(2)13(8-10)21(19,20)18-9-14-15(3,4)16(14,5)6/h7-8,14,18H,9,17H2,1-6H3. The molecule has 0 aliphatic heterocycles. The molecule has 0 atom stereocenters. The first-order chi connectivity index (χ1) is 9.41. The van der Waals surface area contributed by atoms with Gasteiger partial charge in [0.1, 0.15) is 0 Å². The lowest BCUT2D eigenvalue weighted by atomic mass is 10.0. The molecule has 21 heavy (non-hydrogen) atoms. The van der Waals surface area contributed by atoms with Crippen LogP contribution in [0.2, 0.25) is 0 Å². The Kier molecular flexibility index (Phi) is 3.66. The summed E-state index contributed by atoms with van der Waals surface area (Å²) >= 11 is 0. The zero-order valence-corrected chi connectivity index (χ0v) is 14.6. The predicted octanol–water partition coefficient (Wildman–Crippen LogP) is 2.85. The van der Waals surface area contributed by atoms with Crippen LogP contribution < -0.4 is 10.5 Å². The lowest BCUT2D eigenvalue weighted by Crippen LogP contribution is -2.28. The Morgan fingerprint density at radius 2 is 1.67 bits per heavy atom. The van der Waals surface area contributed by atoms with Gasteiger partial charge in [-0.3, -0.25) is 0 Å². The fourth-order valence-corrected chi connectivity index (χ4v) is 4.65. The second-order valence-corrected chi connectivity index (χ2v) is 9.06.